The normalized spacial score (nSPS) is 22.5. The predicted molar refractivity (Wildman–Crippen MR) is 108 cm³/mol. The van der Waals surface area contributed by atoms with E-state index in [4.69, 9.17) is 4.74 Å². The van der Waals surface area contributed by atoms with Crippen LogP contribution in [-0.4, -0.2) is 59.4 Å². The molecule has 1 atom stereocenters. The molecule has 8 nitrogen and oxygen atoms in total. The first-order chi connectivity index (χ1) is 14.4. The molecule has 0 radical (unpaired) electrons. The summed E-state index contributed by atoms with van der Waals surface area (Å²) in [5, 5.41) is 0. The van der Waals surface area contributed by atoms with Gasteiger partial charge in [0.15, 0.2) is 6.61 Å². The summed E-state index contributed by atoms with van der Waals surface area (Å²) < 4.78 is 5.43. The maximum Gasteiger partial charge on any atom is 0.354 e. The van der Waals surface area contributed by atoms with Crippen LogP contribution >= 0.6 is 0 Å². The number of allylic oxidation sites excluding steroid dienone is 2. The average molecular weight is 411 g/mol. The van der Waals surface area contributed by atoms with Gasteiger partial charge >= 0.3 is 5.97 Å². The number of carbonyl (C=O) groups excluding carboxylic acids is 4. The third kappa shape index (κ3) is 2.89. The van der Waals surface area contributed by atoms with Gasteiger partial charge in [-0.1, -0.05) is 18.2 Å². The number of rotatable bonds is 5. The second-order valence-electron chi connectivity index (χ2n) is 7.73. The van der Waals surface area contributed by atoms with Gasteiger partial charge < -0.3 is 14.5 Å². The number of hydrogen-bond donors (Lipinski definition) is 0. The molecule has 1 aromatic rings. The van der Waals surface area contributed by atoms with Crippen LogP contribution in [0.3, 0.4) is 0 Å². The lowest BCUT2D eigenvalue weighted by Gasteiger charge is -2.46. The van der Waals surface area contributed by atoms with Crippen molar-refractivity contribution in [3.05, 3.63) is 41.6 Å². The Balaban J connectivity index is 1.59. The molecule has 1 fully saturated rings. The van der Waals surface area contributed by atoms with Gasteiger partial charge in [0.05, 0.1) is 11.3 Å². The first-order valence-electron chi connectivity index (χ1n) is 10.3. The average Bonchev–Trinajstić information content (AvgIpc) is 3.40. The maximum atomic E-state index is 13.3. The molecule has 3 amide bonds. The Morgan fingerprint density at radius 2 is 1.97 bits per heavy atom. The van der Waals surface area contributed by atoms with Crippen LogP contribution in [0.4, 0.5) is 5.69 Å². The van der Waals surface area contributed by atoms with Crippen molar-refractivity contribution >= 4 is 29.4 Å². The predicted octanol–water partition coefficient (Wildman–Crippen LogP) is 2.05. The maximum absolute atomic E-state index is 13.3. The van der Waals surface area contributed by atoms with Gasteiger partial charge in [0.1, 0.15) is 0 Å². The van der Waals surface area contributed by atoms with Crippen molar-refractivity contribution in [3.8, 4) is 0 Å². The van der Waals surface area contributed by atoms with Gasteiger partial charge in [-0.2, -0.15) is 0 Å². The Morgan fingerprint density at radius 3 is 2.67 bits per heavy atom. The Bertz CT molecular complexity index is 956. The summed E-state index contributed by atoms with van der Waals surface area (Å²) in [4.78, 5) is 55.8. The Kier molecular flexibility index (Phi) is 5.09. The minimum Gasteiger partial charge on any atom is -0.452 e. The van der Waals surface area contributed by atoms with Crippen molar-refractivity contribution in [2.24, 2.45) is 0 Å². The molecular weight excluding hydrogens is 386 g/mol. The van der Waals surface area contributed by atoms with Crippen molar-refractivity contribution in [3.63, 3.8) is 0 Å². The number of esters is 1. The summed E-state index contributed by atoms with van der Waals surface area (Å²) in [6.07, 6.45) is 5.04. The number of benzene rings is 1. The first kappa shape index (κ1) is 20.1. The van der Waals surface area contributed by atoms with E-state index in [0.29, 0.717) is 17.8 Å². The molecule has 0 saturated carbocycles. The second kappa shape index (κ2) is 7.59. The molecule has 8 heteroatoms. The van der Waals surface area contributed by atoms with E-state index in [2.05, 4.69) is 0 Å². The van der Waals surface area contributed by atoms with Gasteiger partial charge in [-0.3, -0.25) is 19.3 Å². The van der Waals surface area contributed by atoms with Crippen LogP contribution in [0.15, 0.2) is 36.0 Å². The number of para-hydroxylation sites is 1. The van der Waals surface area contributed by atoms with E-state index in [1.165, 1.54) is 16.8 Å². The van der Waals surface area contributed by atoms with Gasteiger partial charge in [-0.05, 0) is 38.3 Å². The molecule has 1 saturated heterocycles. The number of hydrogen-bond acceptors (Lipinski definition) is 5. The standard InChI is InChI=1S/C22H25N3O5/c1-3-24(15-8-4-5-9-15)19(27)14-30-21(29)22-13-12-18(26)25(22)17-11-7-6-10-16(17)20(28)23(22)2/h6-8,10-11H,3-5,9,12-14H2,1-2H3. The van der Waals surface area contributed by atoms with Gasteiger partial charge in [0, 0.05) is 32.1 Å². The second-order valence-corrected chi connectivity index (χ2v) is 7.73. The van der Waals surface area contributed by atoms with Crippen LogP contribution in [0.1, 0.15) is 49.4 Å². The highest BCUT2D eigenvalue weighted by atomic mass is 16.5. The first-order valence-corrected chi connectivity index (χ1v) is 10.3. The number of amides is 3. The SMILES string of the molecule is CCN(C(=O)COC(=O)C12CCC(=O)N1c1ccccc1C(=O)N2C)C1=CCCC1. The summed E-state index contributed by atoms with van der Waals surface area (Å²) in [5.41, 5.74) is 0.151. The summed E-state index contributed by atoms with van der Waals surface area (Å²) in [7, 11) is 1.49. The van der Waals surface area contributed by atoms with Gasteiger partial charge in [0.2, 0.25) is 11.6 Å². The fourth-order valence-electron chi connectivity index (χ4n) is 4.65. The van der Waals surface area contributed by atoms with Gasteiger partial charge in [-0.25, -0.2) is 4.79 Å². The van der Waals surface area contributed by atoms with Gasteiger partial charge in [0.25, 0.3) is 11.8 Å². The lowest BCUT2D eigenvalue weighted by molar-refractivity contribution is -0.161. The van der Waals surface area contributed by atoms with Crippen molar-refractivity contribution in [2.45, 2.75) is 44.7 Å². The Hall–Kier alpha value is -3.16. The summed E-state index contributed by atoms with van der Waals surface area (Å²) >= 11 is 0. The fraction of sp³-hybridized carbons (Fsp3) is 0.455. The lowest BCUT2D eigenvalue weighted by Crippen LogP contribution is -2.67. The number of anilines is 1. The number of fused-ring (bicyclic) bond motifs is 3. The molecule has 0 bridgehead atoms. The molecule has 2 heterocycles. The Morgan fingerprint density at radius 1 is 1.20 bits per heavy atom. The highest BCUT2D eigenvalue weighted by Gasteiger charge is 2.60. The van der Waals surface area contributed by atoms with E-state index < -0.39 is 18.2 Å². The summed E-state index contributed by atoms with van der Waals surface area (Å²) in [5.74, 6) is -1.68. The van der Waals surface area contributed by atoms with Crippen LogP contribution in [0.5, 0.6) is 0 Å². The number of likely N-dealkylation sites (N-methyl/N-ethyl adjacent to an activating group) is 2. The van der Waals surface area contributed by atoms with E-state index in [-0.39, 0.29) is 30.6 Å². The van der Waals surface area contributed by atoms with Gasteiger partial charge in [-0.15, -0.1) is 0 Å². The van der Waals surface area contributed by atoms with E-state index in [9.17, 15) is 19.2 Å². The number of carbonyl (C=O) groups is 4. The molecule has 1 unspecified atom stereocenters. The third-order valence-corrected chi connectivity index (χ3v) is 6.18. The molecule has 0 aromatic heterocycles. The largest absolute Gasteiger partial charge is 0.452 e. The minimum atomic E-state index is -1.56. The van der Waals surface area contributed by atoms with Crippen LogP contribution in [0.2, 0.25) is 0 Å². The van der Waals surface area contributed by atoms with Crippen LogP contribution < -0.4 is 4.90 Å². The molecule has 3 aliphatic rings. The zero-order valence-electron chi connectivity index (χ0n) is 17.2. The van der Waals surface area contributed by atoms with Crippen LogP contribution in [0, 0.1) is 0 Å². The molecule has 0 N–H and O–H groups in total. The Labute approximate surface area is 175 Å². The fourth-order valence-corrected chi connectivity index (χ4v) is 4.65. The molecule has 30 heavy (non-hydrogen) atoms. The monoisotopic (exact) mass is 411 g/mol. The zero-order chi connectivity index (χ0) is 21.5. The summed E-state index contributed by atoms with van der Waals surface area (Å²) in [6, 6.07) is 6.72. The van der Waals surface area contributed by atoms with Crippen LogP contribution in [-0.2, 0) is 19.1 Å². The molecule has 0 spiro atoms. The molecule has 1 aliphatic carbocycles. The molecular formula is C22H25N3O5. The number of nitrogens with zero attached hydrogens (tertiary/aromatic N) is 3. The number of ether oxygens (including phenoxy) is 1. The quantitative estimate of drug-likeness (QED) is 0.692. The highest BCUT2D eigenvalue weighted by Crippen LogP contribution is 2.44. The topological polar surface area (TPSA) is 87.2 Å². The van der Waals surface area contributed by atoms with E-state index in [0.717, 1.165) is 25.0 Å². The van der Waals surface area contributed by atoms with E-state index in [1.807, 2.05) is 13.0 Å². The van der Waals surface area contributed by atoms with Crippen molar-refractivity contribution in [1.82, 2.24) is 9.80 Å². The lowest BCUT2D eigenvalue weighted by atomic mass is 9.97. The minimum absolute atomic E-state index is 0.114. The smallest absolute Gasteiger partial charge is 0.354 e. The van der Waals surface area contributed by atoms with Crippen molar-refractivity contribution < 1.29 is 23.9 Å². The van der Waals surface area contributed by atoms with Crippen LogP contribution in [0.25, 0.3) is 0 Å². The molecule has 4 rings (SSSR count). The van der Waals surface area contributed by atoms with Crippen molar-refractivity contribution in [1.29, 1.82) is 0 Å². The zero-order valence-corrected chi connectivity index (χ0v) is 17.2. The molecule has 2 aliphatic heterocycles. The van der Waals surface area contributed by atoms with E-state index in [1.54, 1.807) is 29.2 Å². The summed E-state index contributed by atoms with van der Waals surface area (Å²) in [6.45, 7) is 1.93. The highest BCUT2D eigenvalue weighted by molar-refractivity contribution is 6.15. The van der Waals surface area contributed by atoms with E-state index >= 15 is 0 Å². The third-order valence-electron chi connectivity index (χ3n) is 6.18. The molecule has 158 valence electrons. The molecule has 1 aromatic carbocycles. The van der Waals surface area contributed by atoms with Crippen molar-refractivity contribution in [2.75, 3.05) is 25.1 Å².